The summed E-state index contributed by atoms with van der Waals surface area (Å²) < 4.78 is 33.8. The van der Waals surface area contributed by atoms with Crippen molar-refractivity contribution in [2.24, 2.45) is 0 Å². The van der Waals surface area contributed by atoms with E-state index in [1.807, 2.05) is 51.1 Å². The third-order valence-electron chi connectivity index (χ3n) is 5.83. The zero-order valence-electron chi connectivity index (χ0n) is 22.4. The highest BCUT2D eigenvalue weighted by atomic mass is 32.2. The molecule has 0 bridgehead atoms. The number of nitrogens with one attached hydrogen (secondary N) is 1. The summed E-state index contributed by atoms with van der Waals surface area (Å²) in [4.78, 5) is 28.4. The molecule has 0 saturated carbocycles. The molecule has 3 aromatic carbocycles. The Hall–Kier alpha value is -3.85. The number of rotatable bonds is 10. The average Bonchev–Trinajstić information content (AvgIpc) is 2.90. The minimum atomic E-state index is -4.11. The molecule has 3 aromatic rings. The Morgan fingerprint density at radius 3 is 1.97 bits per heavy atom. The van der Waals surface area contributed by atoms with E-state index in [0.717, 1.165) is 9.87 Å². The van der Waals surface area contributed by atoms with Gasteiger partial charge in [0.1, 0.15) is 18.3 Å². The first-order chi connectivity index (χ1) is 17.9. The number of ether oxygens (including phenoxy) is 1. The minimum absolute atomic E-state index is 0.0525. The smallest absolute Gasteiger partial charge is 0.264 e. The van der Waals surface area contributed by atoms with Crippen molar-refractivity contribution < 1.29 is 22.7 Å². The molecule has 8 nitrogen and oxygen atoms in total. The second kappa shape index (κ2) is 12.1. The zero-order chi connectivity index (χ0) is 27.9. The van der Waals surface area contributed by atoms with Crippen LogP contribution in [0.15, 0.2) is 89.8 Å². The van der Waals surface area contributed by atoms with Gasteiger partial charge in [0.25, 0.3) is 10.0 Å². The molecule has 38 heavy (non-hydrogen) atoms. The van der Waals surface area contributed by atoms with Gasteiger partial charge in [-0.25, -0.2) is 8.42 Å². The van der Waals surface area contributed by atoms with Gasteiger partial charge in [-0.2, -0.15) is 0 Å². The first kappa shape index (κ1) is 28.7. The van der Waals surface area contributed by atoms with Crippen molar-refractivity contribution in [3.8, 4) is 5.75 Å². The summed E-state index contributed by atoms with van der Waals surface area (Å²) in [6, 6.07) is 22.8. The molecule has 1 N–H and O–H groups in total. The molecular formula is C29H35N3O5S. The first-order valence-electron chi connectivity index (χ1n) is 12.3. The molecule has 202 valence electrons. The van der Waals surface area contributed by atoms with E-state index in [0.29, 0.717) is 11.4 Å². The van der Waals surface area contributed by atoms with Crippen molar-refractivity contribution in [3.63, 3.8) is 0 Å². The molecule has 3 rings (SSSR count). The number of sulfonamides is 1. The van der Waals surface area contributed by atoms with E-state index in [2.05, 4.69) is 5.32 Å². The van der Waals surface area contributed by atoms with Crippen molar-refractivity contribution >= 4 is 27.5 Å². The molecule has 2 amide bonds. The summed E-state index contributed by atoms with van der Waals surface area (Å²) in [6.45, 7) is 6.87. The van der Waals surface area contributed by atoms with Crippen LogP contribution in [0.4, 0.5) is 5.69 Å². The molecule has 0 aliphatic rings. The summed E-state index contributed by atoms with van der Waals surface area (Å²) in [7, 11) is -2.59. The lowest BCUT2D eigenvalue weighted by molar-refractivity contribution is -0.140. The van der Waals surface area contributed by atoms with Gasteiger partial charge in [0.2, 0.25) is 11.8 Å². The number of methoxy groups -OCH3 is 1. The SMILES string of the molecule is COc1ccc(N(CC(=O)N(Cc2ccccc2)C(C)C(=O)NC(C)(C)C)S(=O)(=O)c2ccccc2)cc1. The number of anilines is 1. The van der Waals surface area contributed by atoms with Gasteiger partial charge >= 0.3 is 0 Å². The molecule has 0 aliphatic carbocycles. The van der Waals surface area contributed by atoms with Crippen molar-refractivity contribution in [1.29, 1.82) is 0 Å². The summed E-state index contributed by atoms with van der Waals surface area (Å²) >= 11 is 0. The van der Waals surface area contributed by atoms with E-state index in [1.165, 1.54) is 24.1 Å². The van der Waals surface area contributed by atoms with Gasteiger partial charge in [-0.3, -0.25) is 13.9 Å². The van der Waals surface area contributed by atoms with Crippen molar-refractivity contribution in [3.05, 3.63) is 90.5 Å². The quantitative estimate of drug-likeness (QED) is 0.418. The fourth-order valence-corrected chi connectivity index (χ4v) is 5.27. The number of hydrogen-bond donors (Lipinski definition) is 1. The maximum absolute atomic E-state index is 13.9. The van der Waals surface area contributed by atoms with Crippen LogP contribution in [0.3, 0.4) is 0 Å². The Morgan fingerprint density at radius 2 is 1.45 bits per heavy atom. The second-order valence-electron chi connectivity index (χ2n) is 9.95. The van der Waals surface area contributed by atoms with Crippen LogP contribution in [0.2, 0.25) is 0 Å². The van der Waals surface area contributed by atoms with Gasteiger partial charge in [-0.05, 0) is 69.7 Å². The van der Waals surface area contributed by atoms with Crippen LogP contribution in [0.5, 0.6) is 5.75 Å². The number of hydrogen-bond acceptors (Lipinski definition) is 5. The standard InChI is InChI=1S/C29H35N3O5S/c1-22(28(34)30-29(2,3)4)31(20-23-12-8-6-9-13-23)27(33)21-32(24-16-18-25(37-5)19-17-24)38(35,36)26-14-10-7-11-15-26/h6-19,22H,20-21H2,1-5H3,(H,30,34). The molecule has 0 heterocycles. The number of amides is 2. The number of benzene rings is 3. The predicted molar refractivity (Wildman–Crippen MR) is 148 cm³/mol. The Bertz CT molecular complexity index is 1320. The van der Waals surface area contributed by atoms with Gasteiger partial charge in [-0.15, -0.1) is 0 Å². The zero-order valence-corrected chi connectivity index (χ0v) is 23.2. The molecule has 0 aliphatic heterocycles. The fraction of sp³-hybridized carbons (Fsp3) is 0.310. The van der Waals surface area contributed by atoms with Crippen molar-refractivity contribution in [1.82, 2.24) is 10.2 Å². The monoisotopic (exact) mass is 537 g/mol. The number of nitrogens with zero attached hydrogens (tertiary/aromatic N) is 2. The van der Waals surface area contributed by atoms with E-state index in [9.17, 15) is 18.0 Å². The molecule has 0 spiro atoms. The number of carbonyl (C=O) groups is 2. The summed E-state index contributed by atoms with van der Waals surface area (Å²) in [5.41, 5.74) is 0.617. The molecule has 0 aromatic heterocycles. The maximum Gasteiger partial charge on any atom is 0.264 e. The van der Waals surface area contributed by atoms with Gasteiger partial charge < -0.3 is 15.0 Å². The summed E-state index contributed by atoms with van der Waals surface area (Å²) in [5, 5.41) is 2.92. The van der Waals surface area contributed by atoms with Gasteiger partial charge in [0, 0.05) is 12.1 Å². The van der Waals surface area contributed by atoms with Crippen LogP contribution in [-0.4, -0.2) is 50.4 Å². The lowest BCUT2D eigenvalue weighted by atomic mass is 10.1. The molecule has 9 heteroatoms. The highest BCUT2D eigenvalue weighted by Gasteiger charge is 2.33. The lowest BCUT2D eigenvalue weighted by Gasteiger charge is -2.33. The van der Waals surface area contributed by atoms with E-state index < -0.39 is 34.1 Å². The fourth-order valence-electron chi connectivity index (χ4n) is 3.83. The van der Waals surface area contributed by atoms with E-state index >= 15 is 0 Å². The average molecular weight is 538 g/mol. The largest absolute Gasteiger partial charge is 0.497 e. The summed E-state index contributed by atoms with van der Waals surface area (Å²) in [5.74, 6) is -0.292. The normalized spacial score (nSPS) is 12.3. The van der Waals surface area contributed by atoms with E-state index in [4.69, 9.17) is 4.74 Å². The van der Waals surface area contributed by atoms with E-state index in [-0.39, 0.29) is 17.3 Å². The number of carbonyl (C=O) groups excluding carboxylic acids is 2. The van der Waals surface area contributed by atoms with Crippen LogP contribution in [0.1, 0.15) is 33.3 Å². The molecule has 0 radical (unpaired) electrons. The van der Waals surface area contributed by atoms with Crippen molar-refractivity contribution in [2.75, 3.05) is 18.0 Å². The van der Waals surface area contributed by atoms with Gasteiger partial charge in [0.15, 0.2) is 0 Å². The third-order valence-corrected chi connectivity index (χ3v) is 7.62. The minimum Gasteiger partial charge on any atom is -0.497 e. The molecule has 0 saturated heterocycles. The van der Waals surface area contributed by atoms with Crippen LogP contribution in [-0.2, 0) is 26.2 Å². The Kier molecular flexibility index (Phi) is 9.17. The first-order valence-corrected chi connectivity index (χ1v) is 13.7. The Morgan fingerprint density at radius 1 is 0.895 bits per heavy atom. The molecule has 1 unspecified atom stereocenters. The third kappa shape index (κ3) is 7.35. The Balaban J connectivity index is 2.01. The molecular weight excluding hydrogens is 502 g/mol. The van der Waals surface area contributed by atoms with E-state index in [1.54, 1.807) is 49.4 Å². The second-order valence-corrected chi connectivity index (χ2v) is 11.8. The van der Waals surface area contributed by atoms with Crippen LogP contribution < -0.4 is 14.4 Å². The van der Waals surface area contributed by atoms with Crippen LogP contribution >= 0.6 is 0 Å². The van der Waals surface area contributed by atoms with Crippen LogP contribution in [0.25, 0.3) is 0 Å². The summed E-state index contributed by atoms with van der Waals surface area (Å²) in [6.07, 6.45) is 0. The van der Waals surface area contributed by atoms with Gasteiger partial charge in [0.05, 0.1) is 17.7 Å². The topological polar surface area (TPSA) is 96.0 Å². The highest BCUT2D eigenvalue weighted by molar-refractivity contribution is 7.92. The Labute approximate surface area is 225 Å². The molecule has 0 fully saturated rings. The predicted octanol–water partition coefficient (Wildman–Crippen LogP) is 4.22. The van der Waals surface area contributed by atoms with Gasteiger partial charge in [-0.1, -0.05) is 48.5 Å². The lowest BCUT2D eigenvalue weighted by Crippen LogP contribution is -2.54. The van der Waals surface area contributed by atoms with Crippen molar-refractivity contribution in [2.45, 2.75) is 50.7 Å². The molecule has 1 atom stereocenters. The highest BCUT2D eigenvalue weighted by Crippen LogP contribution is 2.26. The van der Waals surface area contributed by atoms with Crippen LogP contribution in [0, 0.1) is 0 Å². The maximum atomic E-state index is 13.9.